The van der Waals surface area contributed by atoms with Gasteiger partial charge >= 0.3 is 6.03 Å². The van der Waals surface area contributed by atoms with Crippen LogP contribution in [0.1, 0.15) is 13.8 Å². The molecule has 0 aliphatic heterocycles. The molecule has 0 saturated carbocycles. The third-order valence-corrected chi connectivity index (χ3v) is 4.50. The molecule has 2 aromatic rings. The number of urea groups is 1. The molecule has 1 unspecified atom stereocenters. The van der Waals surface area contributed by atoms with Gasteiger partial charge < -0.3 is 10.7 Å². The van der Waals surface area contributed by atoms with Gasteiger partial charge in [-0.05, 0) is 35.7 Å². The zero-order chi connectivity index (χ0) is 17.0. The molecule has 0 saturated heterocycles. The van der Waals surface area contributed by atoms with Crippen molar-refractivity contribution in [3.8, 4) is 11.3 Å². The number of aromatic amines is 1. The minimum Gasteiger partial charge on any atom is -0.351 e. The maximum atomic E-state index is 12.9. The molecule has 0 aliphatic rings. The number of rotatable bonds is 5. The van der Waals surface area contributed by atoms with Crippen LogP contribution in [0.2, 0.25) is 0 Å². The molecule has 6 nitrogen and oxygen atoms in total. The second-order valence-electron chi connectivity index (χ2n) is 5.24. The van der Waals surface area contributed by atoms with Gasteiger partial charge in [-0.15, -0.1) is 0 Å². The van der Waals surface area contributed by atoms with Crippen LogP contribution in [-0.4, -0.2) is 27.2 Å². The predicted molar refractivity (Wildman–Crippen MR) is 86.2 cm³/mol. The number of aromatic nitrogens is 2. The highest BCUT2D eigenvalue weighted by atomic mass is 32.2. The quantitative estimate of drug-likeness (QED) is 0.730. The summed E-state index contributed by atoms with van der Waals surface area (Å²) >= 11 is 1.20. The number of imidazole rings is 1. The first-order chi connectivity index (χ1) is 10.9. The van der Waals surface area contributed by atoms with E-state index in [1.807, 2.05) is 13.8 Å². The van der Waals surface area contributed by atoms with Crippen LogP contribution >= 0.6 is 11.8 Å². The number of carbonyl (C=O) groups excluding carboxylic acids is 2. The molecule has 0 aliphatic carbocycles. The van der Waals surface area contributed by atoms with Gasteiger partial charge in [0.25, 0.3) is 0 Å². The van der Waals surface area contributed by atoms with E-state index in [9.17, 15) is 14.0 Å². The fourth-order valence-electron chi connectivity index (χ4n) is 1.94. The van der Waals surface area contributed by atoms with Crippen LogP contribution < -0.4 is 11.1 Å². The number of carbonyl (C=O) groups is 2. The lowest BCUT2D eigenvalue weighted by molar-refractivity contribution is -0.120. The number of nitrogens with zero attached hydrogens (tertiary/aromatic N) is 1. The van der Waals surface area contributed by atoms with Crippen molar-refractivity contribution in [3.05, 3.63) is 36.3 Å². The summed E-state index contributed by atoms with van der Waals surface area (Å²) in [5.74, 6) is -0.804. The Labute approximate surface area is 137 Å². The molecule has 1 aromatic heterocycles. The maximum Gasteiger partial charge on any atom is 0.318 e. The first-order valence-electron chi connectivity index (χ1n) is 6.94. The van der Waals surface area contributed by atoms with Crippen molar-refractivity contribution in [1.29, 1.82) is 0 Å². The highest BCUT2D eigenvalue weighted by Crippen LogP contribution is 2.28. The van der Waals surface area contributed by atoms with E-state index in [0.29, 0.717) is 10.9 Å². The Morgan fingerprint density at radius 3 is 2.52 bits per heavy atom. The SMILES string of the molecule is CC(C)C(Sc1ncc(-c2ccc(F)cc2)[nH]1)C(=O)NC(N)=O. The lowest BCUT2D eigenvalue weighted by Crippen LogP contribution is -2.42. The van der Waals surface area contributed by atoms with Gasteiger partial charge in [0.2, 0.25) is 5.91 Å². The number of H-pyrrole nitrogens is 1. The summed E-state index contributed by atoms with van der Waals surface area (Å²) in [7, 11) is 0. The third-order valence-electron chi connectivity index (χ3n) is 3.06. The van der Waals surface area contributed by atoms with Crippen LogP contribution in [0, 0.1) is 11.7 Å². The lowest BCUT2D eigenvalue weighted by Gasteiger charge is -2.17. The van der Waals surface area contributed by atoms with E-state index in [1.165, 1.54) is 23.9 Å². The van der Waals surface area contributed by atoms with E-state index in [0.717, 1.165) is 5.56 Å². The molecule has 23 heavy (non-hydrogen) atoms. The summed E-state index contributed by atoms with van der Waals surface area (Å²) in [5, 5.41) is 2.10. The van der Waals surface area contributed by atoms with Gasteiger partial charge in [0.05, 0.1) is 17.1 Å². The Morgan fingerprint density at radius 2 is 1.96 bits per heavy atom. The Bertz CT molecular complexity index is 700. The van der Waals surface area contributed by atoms with Crippen molar-refractivity contribution in [2.24, 2.45) is 11.7 Å². The average molecular weight is 336 g/mol. The molecule has 122 valence electrons. The number of hydrogen-bond acceptors (Lipinski definition) is 4. The number of nitrogens with one attached hydrogen (secondary N) is 2. The van der Waals surface area contributed by atoms with Gasteiger partial charge in [-0.2, -0.15) is 0 Å². The Hall–Kier alpha value is -2.35. The van der Waals surface area contributed by atoms with Gasteiger partial charge in [-0.3, -0.25) is 10.1 Å². The van der Waals surface area contributed by atoms with Crippen LogP contribution in [0.15, 0.2) is 35.6 Å². The summed E-state index contributed by atoms with van der Waals surface area (Å²) in [6, 6.07) is 5.11. The fraction of sp³-hybridized carbons (Fsp3) is 0.267. The molecule has 0 bridgehead atoms. The van der Waals surface area contributed by atoms with Crippen LogP contribution in [0.5, 0.6) is 0 Å². The number of imide groups is 1. The number of halogens is 1. The van der Waals surface area contributed by atoms with Crippen LogP contribution in [-0.2, 0) is 4.79 Å². The molecule has 0 spiro atoms. The number of benzene rings is 1. The molecular formula is C15H17FN4O2S. The van der Waals surface area contributed by atoms with Gasteiger partial charge in [-0.1, -0.05) is 25.6 Å². The van der Waals surface area contributed by atoms with Crippen molar-refractivity contribution in [2.45, 2.75) is 24.3 Å². The van der Waals surface area contributed by atoms with Crippen molar-refractivity contribution in [1.82, 2.24) is 15.3 Å². The number of primary amides is 1. The Morgan fingerprint density at radius 1 is 1.30 bits per heavy atom. The maximum absolute atomic E-state index is 12.9. The summed E-state index contributed by atoms with van der Waals surface area (Å²) in [6.45, 7) is 3.73. The highest BCUT2D eigenvalue weighted by molar-refractivity contribution is 8.00. The second-order valence-corrected chi connectivity index (χ2v) is 6.38. The van der Waals surface area contributed by atoms with Crippen LogP contribution in [0.4, 0.5) is 9.18 Å². The predicted octanol–water partition coefficient (Wildman–Crippen LogP) is 2.53. The van der Waals surface area contributed by atoms with Gasteiger partial charge in [0, 0.05) is 0 Å². The highest BCUT2D eigenvalue weighted by Gasteiger charge is 2.25. The van der Waals surface area contributed by atoms with Crippen molar-refractivity contribution >= 4 is 23.7 Å². The number of nitrogens with two attached hydrogens (primary N) is 1. The minimum absolute atomic E-state index is 0.0290. The normalized spacial score (nSPS) is 12.2. The second kappa shape index (κ2) is 7.28. The van der Waals surface area contributed by atoms with Crippen molar-refractivity contribution in [2.75, 3.05) is 0 Å². The standard InChI is InChI=1S/C15H17FN4O2S/c1-8(2)12(13(21)20-14(17)22)23-15-18-7-11(19-15)9-3-5-10(16)6-4-9/h3-8,12H,1-2H3,(H,18,19)(H3,17,20,21,22). The molecule has 3 amide bonds. The monoisotopic (exact) mass is 336 g/mol. The van der Waals surface area contributed by atoms with E-state index < -0.39 is 17.2 Å². The van der Waals surface area contributed by atoms with E-state index in [2.05, 4.69) is 15.3 Å². The molecule has 0 radical (unpaired) electrons. The molecule has 8 heteroatoms. The molecule has 2 rings (SSSR count). The van der Waals surface area contributed by atoms with E-state index in [1.54, 1.807) is 18.3 Å². The topological polar surface area (TPSA) is 101 Å². The molecule has 1 atom stereocenters. The molecule has 0 fully saturated rings. The third kappa shape index (κ3) is 4.56. The average Bonchev–Trinajstić information content (AvgIpc) is 2.93. The molecule has 4 N–H and O–H groups in total. The Kier molecular flexibility index (Phi) is 5.38. The smallest absolute Gasteiger partial charge is 0.318 e. The molecular weight excluding hydrogens is 319 g/mol. The number of amides is 3. The summed E-state index contributed by atoms with van der Waals surface area (Å²) in [4.78, 5) is 30.1. The van der Waals surface area contributed by atoms with Gasteiger partial charge in [0.15, 0.2) is 5.16 Å². The van der Waals surface area contributed by atoms with E-state index in [4.69, 9.17) is 5.73 Å². The minimum atomic E-state index is -0.882. The van der Waals surface area contributed by atoms with Crippen LogP contribution in [0.3, 0.4) is 0 Å². The van der Waals surface area contributed by atoms with E-state index in [-0.39, 0.29) is 11.7 Å². The van der Waals surface area contributed by atoms with Crippen molar-refractivity contribution < 1.29 is 14.0 Å². The zero-order valence-corrected chi connectivity index (χ0v) is 13.5. The molecule has 1 aromatic carbocycles. The number of thioether (sulfide) groups is 1. The first-order valence-corrected chi connectivity index (χ1v) is 7.82. The zero-order valence-electron chi connectivity index (χ0n) is 12.7. The van der Waals surface area contributed by atoms with Crippen LogP contribution in [0.25, 0.3) is 11.3 Å². The van der Waals surface area contributed by atoms with Crippen molar-refractivity contribution in [3.63, 3.8) is 0 Å². The van der Waals surface area contributed by atoms with Gasteiger partial charge in [0.1, 0.15) is 5.82 Å². The summed E-state index contributed by atoms with van der Waals surface area (Å²) < 4.78 is 12.9. The van der Waals surface area contributed by atoms with E-state index >= 15 is 0 Å². The fourth-order valence-corrected chi connectivity index (χ4v) is 2.91. The largest absolute Gasteiger partial charge is 0.351 e. The number of hydrogen-bond donors (Lipinski definition) is 3. The van der Waals surface area contributed by atoms with Gasteiger partial charge in [-0.25, -0.2) is 14.2 Å². The Balaban J connectivity index is 2.14. The first kappa shape index (κ1) is 17.0. The lowest BCUT2D eigenvalue weighted by atomic mass is 10.1. The summed E-state index contributed by atoms with van der Waals surface area (Å²) in [5.41, 5.74) is 6.48. The molecule has 1 heterocycles. The summed E-state index contributed by atoms with van der Waals surface area (Å²) in [6.07, 6.45) is 1.61.